The third kappa shape index (κ3) is 2.59. The molecule has 0 bridgehead atoms. The zero-order valence-corrected chi connectivity index (χ0v) is 9.74. The molecule has 0 saturated heterocycles. The standard InChI is InChI=1S/C11H14N4O2/c1-15-10(12-7-13-15)6-9(16)8-4-3-5-11(14-8)17-2/h3-5,7,9,16H,6H2,1-2H3. The summed E-state index contributed by atoms with van der Waals surface area (Å²) in [4.78, 5) is 8.23. The third-order valence-corrected chi connectivity index (χ3v) is 2.48. The first kappa shape index (κ1) is 11.5. The molecule has 6 nitrogen and oxygen atoms in total. The number of methoxy groups -OCH3 is 1. The molecule has 0 amide bonds. The highest BCUT2D eigenvalue weighted by Crippen LogP contribution is 2.17. The van der Waals surface area contributed by atoms with Crippen molar-refractivity contribution in [3.05, 3.63) is 36.0 Å². The van der Waals surface area contributed by atoms with E-state index in [9.17, 15) is 5.11 Å². The smallest absolute Gasteiger partial charge is 0.213 e. The van der Waals surface area contributed by atoms with Crippen molar-refractivity contribution in [1.29, 1.82) is 0 Å². The molecule has 0 fully saturated rings. The van der Waals surface area contributed by atoms with E-state index in [2.05, 4.69) is 15.1 Å². The van der Waals surface area contributed by atoms with Crippen LogP contribution in [0.25, 0.3) is 0 Å². The summed E-state index contributed by atoms with van der Waals surface area (Å²) in [6.07, 6.45) is 1.12. The van der Waals surface area contributed by atoms with Crippen molar-refractivity contribution < 1.29 is 9.84 Å². The highest BCUT2D eigenvalue weighted by Gasteiger charge is 2.13. The summed E-state index contributed by atoms with van der Waals surface area (Å²) in [5.74, 6) is 1.20. The van der Waals surface area contributed by atoms with Gasteiger partial charge in [-0.1, -0.05) is 6.07 Å². The Bertz CT molecular complexity index is 498. The van der Waals surface area contributed by atoms with Gasteiger partial charge in [0.2, 0.25) is 5.88 Å². The van der Waals surface area contributed by atoms with E-state index in [-0.39, 0.29) is 0 Å². The van der Waals surface area contributed by atoms with Crippen LogP contribution in [0.4, 0.5) is 0 Å². The second-order valence-electron chi connectivity index (χ2n) is 3.62. The summed E-state index contributed by atoms with van der Waals surface area (Å²) < 4.78 is 6.64. The Hall–Kier alpha value is -1.95. The second kappa shape index (κ2) is 4.92. The minimum absolute atomic E-state index is 0.372. The molecule has 0 radical (unpaired) electrons. The molecule has 2 aromatic heterocycles. The number of nitrogens with zero attached hydrogens (tertiary/aromatic N) is 4. The van der Waals surface area contributed by atoms with Crippen LogP contribution in [0.15, 0.2) is 24.5 Å². The van der Waals surface area contributed by atoms with Gasteiger partial charge in [0, 0.05) is 19.5 Å². The topological polar surface area (TPSA) is 73.1 Å². The molecule has 0 spiro atoms. The average Bonchev–Trinajstić information content (AvgIpc) is 2.75. The van der Waals surface area contributed by atoms with Gasteiger partial charge >= 0.3 is 0 Å². The maximum absolute atomic E-state index is 10.0. The van der Waals surface area contributed by atoms with Gasteiger partial charge in [-0.2, -0.15) is 5.10 Å². The molecule has 17 heavy (non-hydrogen) atoms. The monoisotopic (exact) mass is 234 g/mol. The van der Waals surface area contributed by atoms with Gasteiger partial charge in [0.1, 0.15) is 18.3 Å². The van der Waals surface area contributed by atoms with Crippen LogP contribution in [-0.2, 0) is 13.5 Å². The van der Waals surface area contributed by atoms with Crippen LogP contribution in [0.3, 0.4) is 0 Å². The van der Waals surface area contributed by atoms with E-state index >= 15 is 0 Å². The molecule has 1 unspecified atom stereocenters. The maximum atomic E-state index is 10.0. The molecule has 2 rings (SSSR count). The molecule has 90 valence electrons. The number of hydrogen-bond acceptors (Lipinski definition) is 5. The van der Waals surface area contributed by atoms with Crippen LogP contribution in [0.5, 0.6) is 5.88 Å². The summed E-state index contributed by atoms with van der Waals surface area (Å²) >= 11 is 0. The SMILES string of the molecule is COc1cccc(C(O)Cc2ncnn2C)n1. The van der Waals surface area contributed by atoms with Gasteiger partial charge in [-0.25, -0.2) is 9.97 Å². The molecule has 6 heteroatoms. The highest BCUT2D eigenvalue weighted by molar-refractivity contribution is 5.17. The van der Waals surface area contributed by atoms with Crippen LogP contribution in [-0.4, -0.2) is 32.0 Å². The lowest BCUT2D eigenvalue weighted by molar-refractivity contribution is 0.168. The number of pyridine rings is 1. The van der Waals surface area contributed by atoms with Crippen molar-refractivity contribution in [3.8, 4) is 5.88 Å². The average molecular weight is 234 g/mol. The second-order valence-corrected chi connectivity index (χ2v) is 3.62. The first-order valence-corrected chi connectivity index (χ1v) is 5.22. The van der Waals surface area contributed by atoms with E-state index in [4.69, 9.17) is 4.74 Å². The van der Waals surface area contributed by atoms with E-state index in [1.807, 2.05) is 0 Å². The molecular formula is C11H14N4O2. The Balaban J connectivity index is 2.14. The van der Waals surface area contributed by atoms with Crippen LogP contribution in [0.2, 0.25) is 0 Å². The molecule has 1 N–H and O–H groups in total. The van der Waals surface area contributed by atoms with Crippen LogP contribution in [0.1, 0.15) is 17.6 Å². The number of aliphatic hydroxyl groups is 1. The molecule has 2 heterocycles. The predicted octanol–water partition coefficient (Wildman–Crippen LogP) is 0.495. The predicted molar refractivity (Wildman–Crippen MR) is 60.5 cm³/mol. The van der Waals surface area contributed by atoms with Crippen molar-refractivity contribution in [2.75, 3.05) is 7.11 Å². The Morgan fingerprint density at radius 3 is 2.94 bits per heavy atom. The number of aliphatic hydroxyl groups excluding tert-OH is 1. The first-order chi connectivity index (χ1) is 8.20. The van der Waals surface area contributed by atoms with Crippen molar-refractivity contribution >= 4 is 0 Å². The number of aryl methyl sites for hydroxylation is 1. The summed E-state index contributed by atoms with van der Waals surface area (Å²) in [7, 11) is 3.33. The zero-order valence-electron chi connectivity index (χ0n) is 9.74. The summed E-state index contributed by atoms with van der Waals surface area (Å²) in [6.45, 7) is 0. The normalized spacial score (nSPS) is 12.4. The Morgan fingerprint density at radius 1 is 1.47 bits per heavy atom. The molecular weight excluding hydrogens is 220 g/mol. The van der Waals surface area contributed by atoms with E-state index < -0.39 is 6.10 Å². The Labute approximate surface area is 98.9 Å². The van der Waals surface area contributed by atoms with Crippen LogP contribution < -0.4 is 4.74 Å². The van der Waals surface area contributed by atoms with Gasteiger partial charge in [0.25, 0.3) is 0 Å². The molecule has 0 aromatic carbocycles. The van der Waals surface area contributed by atoms with E-state index in [0.29, 0.717) is 23.8 Å². The van der Waals surface area contributed by atoms with Gasteiger partial charge in [-0.05, 0) is 6.07 Å². The molecule has 0 aliphatic rings. The third-order valence-electron chi connectivity index (χ3n) is 2.48. The minimum atomic E-state index is -0.715. The van der Waals surface area contributed by atoms with Gasteiger partial charge in [-0.3, -0.25) is 4.68 Å². The molecule has 2 aromatic rings. The Kier molecular flexibility index (Phi) is 3.34. The number of ether oxygens (including phenoxy) is 1. The zero-order chi connectivity index (χ0) is 12.3. The quantitative estimate of drug-likeness (QED) is 0.833. The van der Waals surface area contributed by atoms with Crippen molar-refractivity contribution in [2.45, 2.75) is 12.5 Å². The van der Waals surface area contributed by atoms with Gasteiger partial charge in [0.15, 0.2) is 0 Å². The number of aromatic nitrogens is 4. The summed E-state index contributed by atoms with van der Waals surface area (Å²) in [5.41, 5.74) is 0.562. The largest absolute Gasteiger partial charge is 0.481 e. The molecule has 0 aliphatic carbocycles. The summed E-state index contributed by atoms with van der Waals surface area (Å²) in [6, 6.07) is 5.28. The van der Waals surface area contributed by atoms with Gasteiger partial charge in [-0.15, -0.1) is 0 Å². The van der Waals surface area contributed by atoms with Crippen molar-refractivity contribution in [1.82, 2.24) is 19.7 Å². The number of rotatable bonds is 4. The van der Waals surface area contributed by atoms with Crippen molar-refractivity contribution in [3.63, 3.8) is 0 Å². The van der Waals surface area contributed by atoms with E-state index in [1.54, 1.807) is 37.0 Å². The Morgan fingerprint density at radius 2 is 2.29 bits per heavy atom. The molecule has 0 saturated carbocycles. The lowest BCUT2D eigenvalue weighted by atomic mass is 10.1. The van der Waals surface area contributed by atoms with Crippen molar-refractivity contribution in [2.24, 2.45) is 7.05 Å². The minimum Gasteiger partial charge on any atom is -0.481 e. The van der Waals surface area contributed by atoms with Gasteiger partial charge < -0.3 is 9.84 Å². The van der Waals surface area contributed by atoms with Crippen LogP contribution >= 0.6 is 0 Å². The maximum Gasteiger partial charge on any atom is 0.213 e. The molecule has 1 atom stereocenters. The van der Waals surface area contributed by atoms with E-state index in [0.717, 1.165) is 0 Å². The molecule has 0 aliphatic heterocycles. The van der Waals surface area contributed by atoms with Gasteiger partial charge in [0.05, 0.1) is 12.8 Å². The highest BCUT2D eigenvalue weighted by atomic mass is 16.5. The lowest BCUT2D eigenvalue weighted by Gasteiger charge is -2.10. The van der Waals surface area contributed by atoms with E-state index in [1.165, 1.54) is 6.33 Å². The number of hydrogen-bond donors (Lipinski definition) is 1. The fourth-order valence-electron chi connectivity index (χ4n) is 1.51. The lowest BCUT2D eigenvalue weighted by Crippen LogP contribution is -2.09. The fourth-order valence-corrected chi connectivity index (χ4v) is 1.51. The fraction of sp³-hybridized carbons (Fsp3) is 0.364. The summed E-state index contributed by atoms with van der Waals surface area (Å²) in [5, 5.41) is 14.0. The first-order valence-electron chi connectivity index (χ1n) is 5.22. The van der Waals surface area contributed by atoms with Crippen LogP contribution in [0, 0.1) is 0 Å².